The highest BCUT2D eigenvalue weighted by atomic mass is 32.1. The molecule has 4 heteroatoms. The highest BCUT2D eigenvalue weighted by molar-refractivity contribution is 7.13. The Hall–Kier alpha value is -1.42. The molecular formula is C10H9FN2S. The summed E-state index contributed by atoms with van der Waals surface area (Å²) in [6.07, 6.45) is 0. The maximum Gasteiger partial charge on any atom is 0.180 e. The first kappa shape index (κ1) is 9.15. The van der Waals surface area contributed by atoms with Crippen molar-refractivity contribution in [2.75, 3.05) is 5.73 Å². The normalized spacial score (nSPS) is 10.4. The van der Waals surface area contributed by atoms with Crippen LogP contribution in [0, 0.1) is 12.7 Å². The third kappa shape index (κ3) is 1.75. The smallest absolute Gasteiger partial charge is 0.180 e. The van der Waals surface area contributed by atoms with Crippen LogP contribution in [0.4, 0.5) is 9.52 Å². The van der Waals surface area contributed by atoms with Crippen molar-refractivity contribution in [2.45, 2.75) is 6.92 Å². The summed E-state index contributed by atoms with van der Waals surface area (Å²) in [7, 11) is 0. The van der Waals surface area contributed by atoms with Gasteiger partial charge in [-0.25, -0.2) is 9.37 Å². The fourth-order valence-corrected chi connectivity index (χ4v) is 1.88. The van der Waals surface area contributed by atoms with E-state index in [0.29, 0.717) is 5.13 Å². The molecule has 0 atom stereocenters. The van der Waals surface area contributed by atoms with Crippen LogP contribution in [-0.2, 0) is 0 Å². The van der Waals surface area contributed by atoms with Gasteiger partial charge in [0, 0.05) is 10.9 Å². The number of aryl methyl sites for hydroxylation is 1. The second kappa shape index (κ2) is 3.38. The molecular weight excluding hydrogens is 199 g/mol. The molecule has 2 rings (SSSR count). The second-order valence-corrected chi connectivity index (χ2v) is 3.98. The summed E-state index contributed by atoms with van der Waals surface area (Å²) in [4.78, 5) is 4.09. The molecule has 1 heterocycles. The van der Waals surface area contributed by atoms with Gasteiger partial charge in [-0.2, -0.15) is 0 Å². The van der Waals surface area contributed by atoms with Crippen LogP contribution in [0.2, 0.25) is 0 Å². The van der Waals surface area contributed by atoms with E-state index >= 15 is 0 Å². The van der Waals surface area contributed by atoms with Crippen LogP contribution in [0.3, 0.4) is 0 Å². The number of nitrogen functional groups attached to an aromatic ring is 1. The molecule has 0 aliphatic rings. The molecule has 0 radical (unpaired) electrons. The molecule has 1 aromatic heterocycles. The zero-order valence-corrected chi connectivity index (χ0v) is 8.44. The first-order valence-electron chi connectivity index (χ1n) is 4.14. The van der Waals surface area contributed by atoms with Crippen LogP contribution in [0.5, 0.6) is 0 Å². The SMILES string of the molecule is Cc1cc(F)cc(-c2csc(N)n2)c1. The molecule has 0 unspecified atom stereocenters. The van der Waals surface area contributed by atoms with Gasteiger partial charge in [0.15, 0.2) is 5.13 Å². The zero-order chi connectivity index (χ0) is 10.1. The van der Waals surface area contributed by atoms with Crippen LogP contribution in [0.15, 0.2) is 23.6 Å². The van der Waals surface area contributed by atoms with Crippen LogP contribution in [-0.4, -0.2) is 4.98 Å². The van der Waals surface area contributed by atoms with Gasteiger partial charge in [0.25, 0.3) is 0 Å². The minimum Gasteiger partial charge on any atom is -0.375 e. The molecule has 0 bridgehead atoms. The molecule has 2 aromatic rings. The van der Waals surface area contributed by atoms with Crippen molar-refractivity contribution in [3.63, 3.8) is 0 Å². The topological polar surface area (TPSA) is 38.9 Å². The van der Waals surface area contributed by atoms with E-state index in [-0.39, 0.29) is 5.82 Å². The lowest BCUT2D eigenvalue weighted by atomic mass is 10.1. The Morgan fingerprint density at radius 3 is 2.71 bits per heavy atom. The lowest BCUT2D eigenvalue weighted by molar-refractivity contribution is 0.627. The predicted octanol–water partition coefficient (Wildman–Crippen LogP) is 2.84. The Labute approximate surface area is 85.2 Å². The predicted molar refractivity (Wildman–Crippen MR) is 56.7 cm³/mol. The maximum absolute atomic E-state index is 13.1. The van der Waals surface area contributed by atoms with Crippen LogP contribution >= 0.6 is 11.3 Å². The molecule has 0 amide bonds. The van der Waals surface area contributed by atoms with E-state index in [4.69, 9.17) is 5.73 Å². The lowest BCUT2D eigenvalue weighted by Gasteiger charge is -1.99. The van der Waals surface area contributed by atoms with Gasteiger partial charge in [0.1, 0.15) is 5.82 Å². The minimum absolute atomic E-state index is 0.244. The monoisotopic (exact) mass is 208 g/mol. The highest BCUT2D eigenvalue weighted by Gasteiger charge is 2.04. The fourth-order valence-electron chi connectivity index (χ4n) is 1.30. The van der Waals surface area contributed by atoms with Crippen molar-refractivity contribution in [2.24, 2.45) is 0 Å². The number of halogens is 1. The summed E-state index contributed by atoms with van der Waals surface area (Å²) < 4.78 is 13.1. The Morgan fingerprint density at radius 2 is 2.14 bits per heavy atom. The Kier molecular flexibility index (Phi) is 2.21. The first-order chi connectivity index (χ1) is 6.65. The fraction of sp³-hybridized carbons (Fsp3) is 0.100. The number of benzene rings is 1. The molecule has 2 nitrogen and oxygen atoms in total. The molecule has 0 fully saturated rings. The van der Waals surface area contributed by atoms with Gasteiger partial charge in [-0.1, -0.05) is 0 Å². The van der Waals surface area contributed by atoms with Gasteiger partial charge in [-0.05, 0) is 30.7 Å². The number of nitrogens with two attached hydrogens (primary N) is 1. The summed E-state index contributed by atoms with van der Waals surface area (Å²) in [5.41, 5.74) is 7.89. The number of anilines is 1. The van der Waals surface area contributed by atoms with Crippen LogP contribution < -0.4 is 5.73 Å². The molecule has 0 saturated carbocycles. The van der Waals surface area contributed by atoms with Crippen molar-refractivity contribution in [1.82, 2.24) is 4.98 Å². The third-order valence-electron chi connectivity index (χ3n) is 1.86. The molecule has 72 valence electrons. The molecule has 0 spiro atoms. The van der Waals surface area contributed by atoms with Crippen molar-refractivity contribution >= 4 is 16.5 Å². The van der Waals surface area contributed by atoms with E-state index in [1.165, 1.54) is 23.5 Å². The molecule has 0 aliphatic heterocycles. The standard InChI is InChI=1S/C10H9FN2S/c1-6-2-7(4-8(11)3-6)9-5-14-10(12)13-9/h2-5H,1H3,(H2,12,13). The van der Waals surface area contributed by atoms with Gasteiger partial charge in [0.05, 0.1) is 5.69 Å². The van der Waals surface area contributed by atoms with Gasteiger partial charge in [0.2, 0.25) is 0 Å². The van der Waals surface area contributed by atoms with E-state index in [1.54, 1.807) is 0 Å². The zero-order valence-electron chi connectivity index (χ0n) is 7.62. The molecule has 14 heavy (non-hydrogen) atoms. The number of nitrogens with zero attached hydrogens (tertiary/aromatic N) is 1. The van der Waals surface area contributed by atoms with Crippen molar-refractivity contribution in [3.05, 3.63) is 35.0 Å². The highest BCUT2D eigenvalue weighted by Crippen LogP contribution is 2.24. The maximum atomic E-state index is 13.1. The van der Waals surface area contributed by atoms with Gasteiger partial charge < -0.3 is 5.73 Å². The summed E-state index contributed by atoms with van der Waals surface area (Å²) >= 11 is 1.36. The molecule has 2 N–H and O–H groups in total. The minimum atomic E-state index is -0.244. The van der Waals surface area contributed by atoms with Crippen molar-refractivity contribution in [1.29, 1.82) is 0 Å². The van der Waals surface area contributed by atoms with Crippen LogP contribution in [0.25, 0.3) is 11.3 Å². The average molecular weight is 208 g/mol. The summed E-state index contributed by atoms with van der Waals surface area (Å²) in [6.45, 7) is 1.85. The third-order valence-corrected chi connectivity index (χ3v) is 2.53. The lowest BCUT2D eigenvalue weighted by Crippen LogP contribution is -1.85. The summed E-state index contributed by atoms with van der Waals surface area (Å²) in [5, 5.41) is 2.32. The molecule has 1 aromatic carbocycles. The van der Waals surface area contributed by atoms with Gasteiger partial charge in [-0.15, -0.1) is 11.3 Å². The van der Waals surface area contributed by atoms with E-state index in [9.17, 15) is 4.39 Å². The van der Waals surface area contributed by atoms with E-state index in [2.05, 4.69) is 4.98 Å². The first-order valence-corrected chi connectivity index (χ1v) is 5.02. The summed E-state index contributed by atoms with van der Waals surface area (Å²) in [5.74, 6) is -0.244. The number of hydrogen-bond acceptors (Lipinski definition) is 3. The number of hydrogen-bond donors (Lipinski definition) is 1. The van der Waals surface area contributed by atoms with Gasteiger partial charge >= 0.3 is 0 Å². The van der Waals surface area contributed by atoms with Crippen molar-refractivity contribution in [3.8, 4) is 11.3 Å². The Balaban J connectivity index is 2.51. The van der Waals surface area contributed by atoms with E-state index in [0.717, 1.165) is 16.8 Å². The Bertz CT molecular complexity index is 445. The summed E-state index contributed by atoms with van der Waals surface area (Å²) in [6, 6.07) is 4.83. The number of aromatic nitrogens is 1. The van der Waals surface area contributed by atoms with Crippen molar-refractivity contribution < 1.29 is 4.39 Å². The Morgan fingerprint density at radius 1 is 1.36 bits per heavy atom. The van der Waals surface area contributed by atoms with Crippen LogP contribution in [0.1, 0.15) is 5.56 Å². The second-order valence-electron chi connectivity index (χ2n) is 3.09. The van der Waals surface area contributed by atoms with E-state index in [1.807, 2.05) is 18.4 Å². The molecule has 0 aliphatic carbocycles. The largest absolute Gasteiger partial charge is 0.375 e. The average Bonchev–Trinajstić information content (AvgIpc) is 2.50. The van der Waals surface area contributed by atoms with E-state index < -0.39 is 0 Å². The number of thiazole rings is 1. The number of rotatable bonds is 1. The van der Waals surface area contributed by atoms with Gasteiger partial charge in [-0.3, -0.25) is 0 Å². The quantitative estimate of drug-likeness (QED) is 0.782. The molecule has 0 saturated heterocycles.